The standard InChI is InChI=1S/C30H42N4O6/c1-16(4-11-26(36)37)20-7-8-21-19-6-5-17-14-18(12-13-29(17,2)22(19)15-25(35)30(20,21)3)31-23-9-10-24(34(38)39)28-27(23)32-40-33-28/h9-10,16-22,25,31,35H,4-8,11-15H2,1-3H3,(H,36,37)/t16-,17-,18+,19+,20-,21+,22+,25+,29+,30-/m1/s1. The van der Waals surface area contributed by atoms with Gasteiger partial charge >= 0.3 is 11.7 Å². The van der Waals surface area contributed by atoms with Gasteiger partial charge in [-0.25, -0.2) is 4.63 Å². The van der Waals surface area contributed by atoms with Crippen LogP contribution in [0.5, 0.6) is 0 Å². The number of benzene rings is 1. The van der Waals surface area contributed by atoms with Gasteiger partial charge in [-0.2, -0.15) is 0 Å². The molecule has 10 nitrogen and oxygen atoms in total. The predicted octanol–water partition coefficient (Wildman–Crippen LogP) is 6.04. The molecule has 0 aliphatic heterocycles. The molecule has 10 heteroatoms. The van der Waals surface area contributed by atoms with Crippen molar-refractivity contribution < 1.29 is 24.6 Å². The molecular weight excluding hydrogens is 512 g/mol. The highest BCUT2D eigenvalue weighted by molar-refractivity contribution is 5.93. The zero-order valence-electron chi connectivity index (χ0n) is 23.7. The molecule has 4 aliphatic rings. The third kappa shape index (κ3) is 4.20. The highest BCUT2D eigenvalue weighted by Gasteiger charge is 2.63. The van der Waals surface area contributed by atoms with Gasteiger partial charge in [0, 0.05) is 18.5 Å². The number of nitro groups is 1. The van der Waals surface area contributed by atoms with E-state index < -0.39 is 10.9 Å². The monoisotopic (exact) mass is 554 g/mol. The highest BCUT2D eigenvalue weighted by Crippen LogP contribution is 2.68. The Kier molecular flexibility index (Phi) is 6.83. The van der Waals surface area contributed by atoms with Crippen molar-refractivity contribution in [2.24, 2.45) is 46.3 Å². The van der Waals surface area contributed by atoms with Gasteiger partial charge in [0.15, 0.2) is 5.52 Å². The number of hydrogen-bond acceptors (Lipinski definition) is 8. The summed E-state index contributed by atoms with van der Waals surface area (Å²) in [7, 11) is 0. The lowest BCUT2D eigenvalue weighted by molar-refractivity contribution is -0.383. The average Bonchev–Trinajstić information content (AvgIpc) is 3.54. The Labute approximate surface area is 234 Å². The minimum absolute atomic E-state index is 0.107. The van der Waals surface area contributed by atoms with E-state index >= 15 is 0 Å². The maximum absolute atomic E-state index is 11.8. The molecule has 3 N–H and O–H groups in total. The first-order chi connectivity index (χ1) is 19.0. The lowest BCUT2D eigenvalue weighted by Crippen LogP contribution is -2.59. The molecule has 4 aliphatic carbocycles. The molecule has 1 aromatic carbocycles. The maximum Gasteiger partial charge on any atom is 0.303 e. The highest BCUT2D eigenvalue weighted by atomic mass is 16.6. The Hall–Kier alpha value is -2.75. The average molecular weight is 555 g/mol. The van der Waals surface area contributed by atoms with E-state index in [0.29, 0.717) is 47.4 Å². The summed E-state index contributed by atoms with van der Waals surface area (Å²) in [5, 5.41) is 43.7. The van der Waals surface area contributed by atoms with Crippen molar-refractivity contribution in [2.45, 2.75) is 97.1 Å². The number of aromatic nitrogens is 2. The fraction of sp³-hybridized carbons (Fsp3) is 0.767. The number of aliphatic hydroxyl groups excluding tert-OH is 1. The van der Waals surface area contributed by atoms with Crippen LogP contribution in [0.3, 0.4) is 0 Å². The number of carboxylic acid groups (broad SMARTS) is 1. The molecule has 0 bridgehead atoms. The predicted molar refractivity (Wildman–Crippen MR) is 149 cm³/mol. The van der Waals surface area contributed by atoms with Crippen LogP contribution in [-0.2, 0) is 4.79 Å². The Morgan fingerprint density at radius 2 is 1.93 bits per heavy atom. The molecular formula is C30H42N4O6. The van der Waals surface area contributed by atoms with Crippen LogP contribution in [0.25, 0.3) is 11.0 Å². The van der Waals surface area contributed by atoms with E-state index in [-0.39, 0.29) is 40.6 Å². The van der Waals surface area contributed by atoms with Gasteiger partial charge in [-0.1, -0.05) is 20.8 Å². The first-order valence-electron chi connectivity index (χ1n) is 15.1. The van der Waals surface area contributed by atoms with Gasteiger partial charge in [-0.3, -0.25) is 14.9 Å². The number of carbonyl (C=O) groups is 1. The minimum atomic E-state index is -0.733. The second kappa shape index (κ2) is 9.96. The van der Waals surface area contributed by atoms with Crippen LogP contribution in [0.15, 0.2) is 16.8 Å². The van der Waals surface area contributed by atoms with E-state index in [2.05, 4.69) is 36.4 Å². The van der Waals surface area contributed by atoms with Gasteiger partial charge in [0.05, 0.1) is 16.7 Å². The van der Waals surface area contributed by atoms with Gasteiger partial charge in [0.25, 0.3) is 0 Å². The number of nitro benzene ring substituents is 1. The van der Waals surface area contributed by atoms with Crippen molar-refractivity contribution in [1.29, 1.82) is 0 Å². The summed E-state index contributed by atoms with van der Waals surface area (Å²) >= 11 is 0. The zero-order chi connectivity index (χ0) is 28.4. The van der Waals surface area contributed by atoms with Gasteiger partial charge in [0.2, 0.25) is 5.52 Å². The first-order valence-corrected chi connectivity index (χ1v) is 15.1. The molecule has 40 heavy (non-hydrogen) atoms. The normalized spacial score (nSPS) is 39.6. The number of aliphatic hydroxyl groups is 1. The van der Waals surface area contributed by atoms with Crippen LogP contribution in [0.2, 0.25) is 0 Å². The second-order valence-electron chi connectivity index (χ2n) is 13.8. The molecule has 0 amide bonds. The van der Waals surface area contributed by atoms with Crippen LogP contribution in [0.4, 0.5) is 11.4 Å². The van der Waals surface area contributed by atoms with Crippen molar-refractivity contribution in [3.05, 3.63) is 22.2 Å². The van der Waals surface area contributed by atoms with Crippen LogP contribution in [0, 0.1) is 56.5 Å². The van der Waals surface area contributed by atoms with Gasteiger partial charge in [0.1, 0.15) is 0 Å². The minimum Gasteiger partial charge on any atom is -0.481 e. The number of fused-ring (bicyclic) bond motifs is 6. The number of nitrogens with zero attached hydrogens (tertiary/aromatic N) is 3. The van der Waals surface area contributed by atoms with Crippen LogP contribution >= 0.6 is 0 Å². The van der Waals surface area contributed by atoms with Crippen molar-refractivity contribution in [3.63, 3.8) is 0 Å². The van der Waals surface area contributed by atoms with E-state index in [4.69, 9.17) is 4.63 Å². The number of non-ortho nitro benzene ring substituents is 1. The van der Waals surface area contributed by atoms with Crippen molar-refractivity contribution >= 4 is 28.4 Å². The Morgan fingerprint density at radius 1 is 1.15 bits per heavy atom. The molecule has 10 atom stereocenters. The molecule has 4 saturated carbocycles. The van der Waals surface area contributed by atoms with E-state index in [1.54, 1.807) is 6.07 Å². The van der Waals surface area contributed by atoms with Crippen LogP contribution < -0.4 is 5.32 Å². The van der Waals surface area contributed by atoms with E-state index in [9.17, 15) is 25.1 Å². The molecule has 0 radical (unpaired) electrons. The topological polar surface area (TPSA) is 152 Å². The number of aliphatic carboxylic acids is 1. The van der Waals surface area contributed by atoms with Crippen molar-refractivity contribution in [1.82, 2.24) is 10.3 Å². The SMILES string of the molecule is C[C@H](CCC(=O)O)[C@H]1CC[C@H]2[C@@H]3CC[C@@H]4C[C@@H](Nc5ccc([N+](=O)[O-])c6nonc56)CC[C@]4(C)[C@H]3C[C@H](O)[C@]12C. The fourth-order valence-electron chi connectivity index (χ4n) is 10.2. The molecule has 0 unspecified atom stereocenters. The fourth-order valence-corrected chi connectivity index (χ4v) is 10.2. The zero-order valence-corrected chi connectivity index (χ0v) is 23.7. The quantitative estimate of drug-likeness (QED) is 0.275. The summed E-state index contributed by atoms with van der Waals surface area (Å²) < 4.78 is 4.85. The lowest BCUT2D eigenvalue weighted by atomic mass is 9.43. The molecule has 218 valence electrons. The number of hydrogen-bond donors (Lipinski definition) is 3. The first kappa shape index (κ1) is 27.4. The van der Waals surface area contributed by atoms with Crippen LogP contribution in [-0.4, -0.2) is 43.6 Å². The van der Waals surface area contributed by atoms with Gasteiger partial charge < -0.3 is 15.5 Å². The Balaban J connectivity index is 1.17. The van der Waals surface area contributed by atoms with Gasteiger partial charge in [-0.05, 0) is 121 Å². The molecule has 2 aromatic rings. The van der Waals surface area contributed by atoms with Crippen LogP contribution in [0.1, 0.15) is 85.0 Å². The summed E-state index contributed by atoms with van der Waals surface area (Å²) in [6.45, 7) is 6.97. The number of nitrogens with one attached hydrogen (secondary N) is 1. The van der Waals surface area contributed by atoms with E-state index in [0.717, 1.165) is 44.2 Å². The third-order valence-corrected chi connectivity index (χ3v) is 12.3. The maximum atomic E-state index is 11.8. The Morgan fingerprint density at radius 3 is 2.67 bits per heavy atom. The number of anilines is 1. The summed E-state index contributed by atoms with van der Waals surface area (Å²) in [6.07, 6.45) is 9.09. The van der Waals surface area contributed by atoms with E-state index in [1.807, 2.05) is 0 Å². The molecule has 0 saturated heterocycles. The number of carboxylic acids is 1. The smallest absolute Gasteiger partial charge is 0.303 e. The van der Waals surface area contributed by atoms with Gasteiger partial charge in [-0.15, -0.1) is 0 Å². The molecule has 1 aromatic heterocycles. The molecule has 0 spiro atoms. The van der Waals surface area contributed by atoms with E-state index in [1.165, 1.54) is 18.9 Å². The Bertz CT molecular complexity index is 1300. The third-order valence-electron chi connectivity index (χ3n) is 12.3. The summed E-state index contributed by atoms with van der Waals surface area (Å²) in [4.78, 5) is 22.1. The lowest BCUT2D eigenvalue weighted by Gasteiger charge is -2.62. The summed E-state index contributed by atoms with van der Waals surface area (Å²) in [5.41, 5.74) is 1.23. The van der Waals surface area contributed by atoms with Crippen molar-refractivity contribution in [3.8, 4) is 0 Å². The molecule has 4 fully saturated rings. The van der Waals surface area contributed by atoms with Crippen molar-refractivity contribution in [2.75, 3.05) is 5.32 Å². The number of rotatable bonds is 7. The molecule has 6 rings (SSSR count). The summed E-state index contributed by atoms with van der Waals surface area (Å²) in [6, 6.07) is 3.41. The molecule has 1 heterocycles. The largest absolute Gasteiger partial charge is 0.481 e. The second-order valence-corrected chi connectivity index (χ2v) is 13.8. The summed E-state index contributed by atoms with van der Waals surface area (Å²) in [5.74, 6) is 2.11.